The number of hydrogen-bond donors (Lipinski definition) is 1. The standard InChI is InChI=1S/C20H19BrN4O/c1-24-10-11-25(13-15-4-2-3-5-19(15)24)20(26)18-12-17(22-23-18)14-6-8-16(21)9-7-14/h2-9,12H,10-11,13H2,1H3,(H,22,23). The quantitative estimate of drug-likeness (QED) is 0.695. The van der Waals surface area contributed by atoms with Gasteiger partial charge in [-0.1, -0.05) is 46.3 Å². The van der Waals surface area contributed by atoms with Gasteiger partial charge in [0.15, 0.2) is 0 Å². The molecule has 0 radical (unpaired) electrons. The van der Waals surface area contributed by atoms with Crippen molar-refractivity contribution in [2.75, 3.05) is 25.0 Å². The molecule has 1 aliphatic rings. The van der Waals surface area contributed by atoms with Crippen LogP contribution < -0.4 is 4.90 Å². The lowest BCUT2D eigenvalue weighted by Crippen LogP contribution is -2.34. The lowest BCUT2D eigenvalue weighted by atomic mass is 10.1. The maximum absolute atomic E-state index is 13.0. The molecule has 0 atom stereocenters. The molecule has 0 saturated heterocycles. The molecule has 5 nitrogen and oxygen atoms in total. The Labute approximate surface area is 160 Å². The largest absolute Gasteiger partial charge is 0.373 e. The van der Waals surface area contributed by atoms with Gasteiger partial charge in [-0.25, -0.2) is 0 Å². The fraction of sp³-hybridized carbons (Fsp3) is 0.200. The van der Waals surface area contributed by atoms with Gasteiger partial charge < -0.3 is 9.80 Å². The zero-order chi connectivity index (χ0) is 18.1. The third-order valence-electron chi connectivity index (χ3n) is 4.70. The van der Waals surface area contributed by atoms with E-state index in [0.717, 1.165) is 27.8 Å². The summed E-state index contributed by atoms with van der Waals surface area (Å²) in [5.74, 6) is -0.0223. The van der Waals surface area contributed by atoms with Crippen LogP contribution in [0, 0.1) is 0 Å². The number of aromatic nitrogens is 2. The first kappa shape index (κ1) is 16.8. The predicted octanol–water partition coefficient (Wildman–Crippen LogP) is 3.93. The molecule has 132 valence electrons. The molecule has 6 heteroatoms. The van der Waals surface area contributed by atoms with Crippen LogP contribution in [0.4, 0.5) is 5.69 Å². The number of rotatable bonds is 2. The monoisotopic (exact) mass is 410 g/mol. The van der Waals surface area contributed by atoms with Crippen LogP contribution in [0.2, 0.25) is 0 Å². The van der Waals surface area contributed by atoms with Crippen molar-refractivity contribution in [1.82, 2.24) is 15.1 Å². The van der Waals surface area contributed by atoms with Crippen LogP contribution in [0.25, 0.3) is 11.3 Å². The second-order valence-electron chi connectivity index (χ2n) is 6.45. The lowest BCUT2D eigenvalue weighted by Gasteiger charge is -2.20. The summed E-state index contributed by atoms with van der Waals surface area (Å²) in [4.78, 5) is 17.1. The van der Waals surface area contributed by atoms with E-state index in [1.807, 2.05) is 47.4 Å². The molecule has 0 spiro atoms. The van der Waals surface area contributed by atoms with Crippen LogP contribution in [0.15, 0.2) is 59.1 Å². The minimum atomic E-state index is -0.0223. The molecule has 1 amide bonds. The number of carbonyl (C=O) groups excluding carboxylic acids is 1. The minimum Gasteiger partial charge on any atom is -0.373 e. The van der Waals surface area contributed by atoms with Gasteiger partial charge in [-0.2, -0.15) is 5.10 Å². The molecule has 26 heavy (non-hydrogen) atoms. The van der Waals surface area contributed by atoms with E-state index in [2.05, 4.69) is 50.2 Å². The van der Waals surface area contributed by atoms with Crippen molar-refractivity contribution in [3.63, 3.8) is 0 Å². The minimum absolute atomic E-state index is 0.0223. The van der Waals surface area contributed by atoms with Crippen molar-refractivity contribution >= 4 is 27.5 Å². The smallest absolute Gasteiger partial charge is 0.272 e. The van der Waals surface area contributed by atoms with Crippen molar-refractivity contribution in [3.8, 4) is 11.3 Å². The first-order valence-electron chi connectivity index (χ1n) is 8.51. The number of likely N-dealkylation sites (N-methyl/N-ethyl adjacent to an activating group) is 1. The molecule has 1 N–H and O–H groups in total. The maximum atomic E-state index is 13.0. The summed E-state index contributed by atoms with van der Waals surface area (Å²) in [7, 11) is 2.06. The summed E-state index contributed by atoms with van der Waals surface area (Å²) < 4.78 is 1.01. The number of fused-ring (bicyclic) bond motifs is 1. The van der Waals surface area contributed by atoms with E-state index in [1.165, 1.54) is 5.69 Å². The number of carbonyl (C=O) groups is 1. The number of nitrogens with one attached hydrogen (secondary N) is 1. The number of halogens is 1. The van der Waals surface area contributed by atoms with E-state index in [1.54, 1.807) is 0 Å². The van der Waals surface area contributed by atoms with E-state index >= 15 is 0 Å². The molecule has 2 aromatic carbocycles. The highest BCUT2D eigenvalue weighted by Crippen LogP contribution is 2.25. The first-order valence-corrected chi connectivity index (χ1v) is 9.31. The second kappa shape index (κ2) is 6.96. The fourth-order valence-electron chi connectivity index (χ4n) is 3.24. The molecule has 4 rings (SSSR count). The molecule has 3 aromatic rings. The van der Waals surface area contributed by atoms with Crippen molar-refractivity contribution in [2.45, 2.75) is 6.54 Å². The van der Waals surface area contributed by atoms with E-state index in [9.17, 15) is 4.79 Å². The Bertz CT molecular complexity index is 935. The van der Waals surface area contributed by atoms with Crippen LogP contribution in [-0.2, 0) is 6.54 Å². The zero-order valence-electron chi connectivity index (χ0n) is 14.4. The summed E-state index contributed by atoms with van der Waals surface area (Å²) in [6.45, 7) is 2.08. The third-order valence-corrected chi connectivity index (χ3v) is 5.23. The van der Waals surface area contributed by atoms with Crippen LogP contribution in [0.5, 0.6) is 0 Å². The van der Waals surface area contributed by atoms with Crippen LogP contribution in [0.3, 0.4) is 0 Å². The van der Waals surface area contributed by atoms with Crippen LogP contribution in [0.1, 0.15) is 16.1 Å². The van der Waals surface area contributed by atoms with Crippen molar-refractivity contribution in [1.29, 1.82) is 0 Å². The Morgan fingerprint density at radius 2 is 1.88 bits per heavy atom. The molecule has 0 saturated carbocycles. The number of hydrogen-bond acceptors (Lipinski definition) is 3. The number of aromatic amines is 1. The molecule has 0 aliphatic carbocycles. The van der Waals surface area contributed by atoms with Gasteiger partial charge in [0.2, 0.25) is 0 Å². The van der Waals surface area contributed by atoms with Crippen molar-refractivity contribution in [2.24, 2.45) is 0 Å². The highest BCUT2D eigenvalue weighted by molar-refractivity contribution is 9.10. The third kappa shape index (κ3) is 3.24. The molecular weight excluding hydrogens is 392 g/mol. The molecule has 1 aliphatic heterocycles. The van der Waals surface area contributed by atoms with Crippen LogP contribution >= 0.6 is 15.9 Å². The summed E-state index contributed by atoms with van der Waals surface area (Å²) in [6, 6.07) is 17.9. The van der Waals surface area contributed by atoms with Crippen molar-refractivity contribution < 1.29 is 4.79 Å². The molecule has 1 aromatic heterocycles. The van der Waals surface area contributed by atoms with E-state index < -0.39 is 0 Å². The summed E-state index contributed by atoms with van der Waals surface area (Å²) in [5, 5.41) is 7.22. The topological polar surface area (TPSA) is 52.2 Å². The maximum Gasteiger partial charge on any atom is 0.272 e. The van der Waals surface area contributed by atoms with E-state index in [4.69, 9.17) is 0 Å². The molecule has 2 heterocycles. The average Bonchev–Trinajstić information content (AvgIpc) is 3.08. The Morgan fingerprint density at radius 1 is 1.12 bits per heavy atom. The van der Waals surface area contributed by atoms with Crippen molar-refractivity contribution in [3.05, 3.63) is 70.3 Å². The Hall–Kier alpha value is -2.60. The number of nitrogens with zero attached hydrogens (tertiary/aromatic N) is 3. The summed E-state index contributed by atoms with van der Waals surface area (Å²) in [5.41, 5.74) is 4.61. The first-order chi connectivity index (χ1) is 12.6. The molecule has 0 fully saturated rings. The normalized spacial score (nSPS) is 14.1. The average molecular weight is 411 g/mol. The fourth-order valence-corrected chi connectivity index (χ4v) is 3.50. The number of benzene rings is 2. The number of anilines is 1. The summed E-state index contributed by atoms with van der Waals surface area (Å²) >= 11 is 3.43. The molecular formula is C20H19BrN4O. The lowest BCUT2D eigenvalue weighted by molar-refractivity contribution is 0.0746. The van der Waals surface area contributed by atoms with Crippen LogP contribution in [-0.4, -0.2) is 41.1 Å². The highest BCUT2D eigenvalue weighted by atomic mass is 79.9. The van der Waals surface area contributed by atoms with Gasteiger partial charge in [0, 0.05) is 42.4 Å². The SMILES string of the molecule is CN1CCN(C(=O)c2cc(-c3ccc(Br)cc3)n[nH]2)Cc2ccccc21. The van der Waals surface area contributed by atoms with Gasteiger partial charge in [0.1, 0.15) is 5.69 Å². The van der Waals surface area contributed by atoms with Gasteiger partial charge in [-0.05, 0) is 29.8 Å². The van der Waals surface area contributed by atoms with Gasteiger partial charge >= 0.3 is 0 Å². The Morgan fingerprint density at radius 3 is 2.69 bits per heavy atom. The van der Waals surface area contributed by atoms with Gasteiger partial charge in [0.05, 0.1) is 5.69 Å². The van der Waals surface area contributed by atoms with Gasteiger partial charge in [-0.15, -0.1) is 0 Å². The summed E-state index contributed by atoms with van der Waals surface area (Å²) in [6.07, 6.45) is 0. The number of amides is 1. The Balaban J connectivity index is 1.57. The number of para-hydroxylation sites is 1. The number of H-pyrrole nitrogens is 1. The Kier molecular flexibility index (Phi) is 4.51. The van der Waals surface area contributed by atoms with E-state index in [-0.39, 0.29) is 5.91 Å². The molecule has 0 bridgehead atoms. The highest BCUT2D eigenvalue weighted by Gasteiger charge is 2.23. The van der Waals surface area contributed by atoms with Gasteiger partial charge in [0.25, 0.3) is 5.91 Å². The predicted molar refractivity (Wildman–Crippen MR) is 106 cm³/mol. The van der Waals surface area contributed by atoms with Gasteiger partial charge in [-0.3, -0.25) is 9.89 Å². The zero-order valence-corrected chi connectivity index (χ0v) is 16.0. The van der Waals surface area contributed by atoms with E-state index in [0.29, 0.717) is 18.8 Å². The molecule has 0 unspecified atom stereocenters. The second-order valence-corrected chi connectivity index (χ2v) is 7.37.